The number of aliphatic hydroxyl groups is 1. The fourth-order valence-corrected chi connectivity index (χ4v) is 1.61. The number of aryl methyl sites for hydroxylation is 1. The van der Waals surface area contributed by atoms with E-state index in [1.807, 2.05) is 6.92 Å². The first-order valence-electron chi connectivity index (χ1n) is 6.19. The zero-order valence-corrected chi connectivity index (χ0v) is 10.4. The van der Waals surface area contributed by atoms with Crippen LogP contribution in [0.2, 0.25) is 0 Å². The highest BCUT2D eigenvalue weighted by Crippen LogP contribution is 1.98. The maximum Gasteiger partial charge on any atom is 0.293 e. The number of nitrogens with zero attached hydrogens (tertiary/aromatic N) is 2. The highest BCUT2D eigenvalue weighted by atomic mass is 16.2. The van der Waals surface area contributed by atoms with Gasteiger partial charge in [0, 0.05) is 32.1 Å². The van der Waals surface area contributed by atoms with Crippen LogP contribution in [0.25, 0.3) is 0 Å². The molecule has 0 saturated carbocycles. The van der Waals surface area contributed by atoms with Gasteiger partial charge in [-0.1, -0.05) is 6.92 Å². The van der Waals surface area contributed by atoms with Gasteiger partial charge in [0.25, 0.3) is 5.56 Å². The lowest BCUT2D eigenvalue weighted by atomic mass is 10.2. The highest BCUT2D eigenvalue weighted by Gasteiger charge is 2.02. The Balaban J connectivity index is 2.48. The first kappa shape index (κ1) is 13.7. The van der Waals surface area contributed by atoms with E-state index in [1.54, 1.807) is 17.0 Å². The first-order valence-corrected chi connectivity index (χ1v) is 6.19. The number of aromatic nitrogens is 2. The summed E-state index contributed by atoms with van der Waals surface area (Å²) in [5.74, 6) is 0.421. The molecule has 0 radical (unpaired) electrons. The SMILES string of the molecule is CCCn1ccnc(NCCCCCO)c1=O. The van der Waals surface area contributed by atoms with Gasteiger partial charge >= 0.3 is 0 Å². The van der Waals surface area contributed by atoms with Crippen LogP contribution in [0.4, 0.5) is 5.82 Å². The molecule has 5 nitrogen and oxygen atoms in total. The van der Waals surface area contributed by atoms with Crippen molar-refractivity contribution in [3.05, 3.63) is 22.7 Å². The molecule has 0 saturated heterocycles. The first-order chi connectivity index (χ1) is 8.29. The third kappa shape index (κ3) is 4.56. The van der Waals surface area contributed by atoms with Gasteiger partial charge in [-0.25, -0.2) is 4.98 Å². The second-order valence-electron chi connectivity index (χ2n) is 3.99. The van der Waals surface area contributed by atoms with Crippen LogP contribution < -0.4 is 10.9 Å². The smallest absolute Gasteiger partial charge is 0.293 e. The van der Waals surface area contributed by atoms with Crippen LogP contribution in [0.5, 0.6) is 0 Å². The van der Waals surface area contributed by atoms with Crippen molar-refractivity contribution >= 4 is 5.82 Å². The van der Waals surface area contributed by atoms with Crippen LogP contribution in [0.15, 0.2) is 17.2 Å². The molecule has 0 aliphatic carbocycles. The Morgan fingerprint density at radius 1 is 1.41 bits per heavy atom. The molecule has 0 atom stereocenters. The Morgan fingerprint density at radius 2 is 2.24 bits per heavy atom. The van der Waals surface area contributed by atoms with Crippen LogP contribution >= 0.6 is 0 Å². The second kappa shape index (κ2) is 7.84. The van der Waals surface area contributed by atoms with Gasteiger partial charge in [0.2, 0.25) is 0 Å². The van der Waals surface area contributed by atoms with E-state index in [2.05, 4.69) is 10.3 Å². The number of unbranched alkanes of at least 4 members (excludes halogenated alkanes) is 2. The number of nitrogens with one attached hydrogen (secondary N) is 1. The van der Waals surface area contributed by atoms with Gasteiger partial charge in [-0.3, -0.25) is 4.79 Å². The molecule has 5 heteroatoms. The molecule has 1 heterocycles. The summed E-state index contributed by atoms with van der Waals surface area (Å²) in [5, 5.41) is 11.7. The van der Waals surface area contributed by atoms with Gasteiger partial charge < -0.3 is 15.0 Å². The third-order valence-corrected chi connectivity index (χ3v) is 2.51. The minimum Gasteiger partial charge on any atom is -0.396 e. The average Bonchev–Trinajstić information content (AvgIpc) is 2.33. The number of hydrogen-bond acceptors (Lipinski definition) is 4. The molecular weight excluding hydrogens is 218 g/mol. The lowest BCUT2D eigenvalue weighted by molar-refractivity contribution is 0.283. The van der Waals surface area contributed by atoms with Crippen molar-refractivity contribution < 1.29 is 5.11 Å². The average molecular weight is 239 g/mol. The van der Waals surface area contributed by atoms with Crippen LogP contribution in [-0.4, -0.2) is 27.8 Å². The summed E-state index contributed by atoms with van der Waals surface area (Å²) >= 11 is 0. The highest BCUT2D eigenvalue weighted by molar-refractivity contribution is 5.30. The van der Waals surface area contributed by atoms with Crippen LogP contribution in [-0.2, 0) is 6.54 Å². The van der Waals surface area contributed by atoms with Crippen LogP contribution in [0.1, 0.15) is 32.6 Å². The maximum atomic E-state index is 11.9. The van der Waals surface area contributed by atoms with Crippen molar-refractivity contribution in [2.24, 2.45) is 0 Å². The van der Waals surface area contributed by atoms with Crippen molar-refractivity contribution in [3.8, 4) is 0 Å². The van der Waals surface area contributed by atoms with Crippen molar-refractivity contribution in [3.63, 3.8) is 0 Å². The number of aliphatic hydroxyl groups excluding tert-OH is 1. The molecule has 0 aliphatic heterocycles. The van der Waals surface area contributed by atoms with E-state index in [4.69, 9.17) is 5.11 Å². The molecule has 0 spiro atoms. The Bertz CT molecular complexity index is 376. The number of anilines is 1. The van der Waals surface area contributed by atoms with Gasteiger partial charge in [0.15, 0.2) is 5.82 Å². The van der Waals surface area contributed by atoms with Gasteiger partial charge in [-0.15, -0.1) is 0 Å². The molecule has 2 N–H and O–H groups in total. The topological polar surface area (TPSA) is 67.2 Å². The van der Waals surface area contributed by atoms with E-state index in [1.165, 1.54) is 0 Å². The molecule has 17 heavy (non-hydrogen) atoms. The molecule has 1 aromatic heterocycles. The van der Waals surface area contributed by atoms with Gasteiger partial charge in [0.05, 0.1) is 0 Å². The minimum absolute atomic E-state index is 0.0588. The van der Waals surface area contributed by atoms with Crippen molar-refractivity contribution in [1.82, 2.24) is 9.55 Å². The maximum absolute atomic E-state index is 11.9. The molecule has 1 aromatic rings. The molecule has 0 fully saturated rings. The Labute approximate surface area is 102 Å². The summed E-state index contributed by atoms with van der Waals surface area (Å²) in [6.45, 7) is 3.71. The van der Waals surface area contributed by atoms with E-state index >= 15 is 0 Å². The van der Waals surface area contributed by atoms with Crippen LogP contribution in [0.3, 0.4) is 0 Å². The van der Waals surface area contributed by atoms with Gasteiger partial charge in [-0.05, 0) is 25.7 Å². The lowest BCUT2D eigenvalue weighted by Crippen LogP contribution is -2.24. The largest absolute Gasteiger partial charge is 0.396 e. The third-order valence-electron chi connectivity index (χ3n) is 2.51. The molecule has 0 aliphatic rings. The Morgan fingerprint density at radius 3 is 2.94 bits per heavy atom. The standard InChI is InChI=1S/C12H21N3O2/c1-2-8-15-9-7-14-11(12(15)17)13-6-4-3-5-10-16/h7,9,16H,2-6,8,10H2,1H3,(H,13,14). The molecule has 0 amide bonds. The van der Waals surface area contributed by atoms with Crippen molar-refractivity contribution in [2.45, 2.75) is 39.2 Å². The van der Waals surface area contributed by atoms with Crippen LogP contribution in [0, 0.1) is 0 Å². The second-order valence-corrected chi connectivity index (χ2v) is 3.99. The fourth-order valence-electron chi connectivity index (χ4n) is 1.61. The molecule has 96 valence electrons. The summed E-state index contributed by atoms with van der Waals surface area (Å²) in [6, 6.07) is 0. The van der Waals surface area contributed by atoms with E-state index in [9.17, 15) is 4.79 Å². The molecule has 0 bridgehead atoms. The van der Waals surface area contributed by atoms with Crippen molar-refractivity contribution in [2.75, 3.05) is 18.5 Å². The summed E-state index contributed by atoms with van der Waals surface area (Å²) in [5.41, 5.74) is -0.0588. The molecule has 1 rings (SSSR count). The predicted octanol–water partition coefficient (Wildman–Crippen LogP) is 1.23. The number of rotatable bonds is 8. The van der Waals surface area contributed by atoms with E-state index in [0.717, 1.165) is 38.8 Å². The minimum atomic E-state index is -0.0588. The zero-order chi connectivity index (χ0) is 12.5. The quantitative estimate of drug-likeness (QED) is 0.670. The molecule has 0 unspecified atom stereocenters. The summed E-state index contributed by atoms with van der Waals surface area (Å²) in [6.07, 6.45) is 6.99. The lowest BCUT2D eigenvalue weighted by Gasteiger charge is -2.07. The summed E-state index contributed by atoms with van der Waals surface area (Å²) < 4.78 is 1.67. The predicted molar refractivity (Wildman–Crippen MR) is 68.2 cm³/mol. The molecule has 0 aromatic carbocycles. The Kier molecular flexibility index (Phi) is 6.32. The number of hydrogen-bond donors (Lipinski definition) is 2. The van der Waals surface area contributed by atoms with E-state index < -0.39 is 0 Å². The Hall–Kier alpha value is -1.36. The fraction of sp³-hybridized carbons (Fsp3) is 0.667. The van der Waals surface area contributed by atoms with E-state index in [0.29, 0.717) is 5.82 Å². The van der Waals surface area contributed by atoms with Gasteiger partial charge in [0.1, 0.15) is 0 Å². The molecular formula is C12H21N3O2. The summed E-state index contributed by atoms with van der Waals surface area (Å²) in [7, 11) is 0. The van der Waals surface area contributed by atoms with Gasteiger partial charge in [-0.2, -0.15) is 0 Å². The summed E-state index contributed by atoms with van der Waals surface area (Å²) in [4.78, 5) is 15.9. The van der Waals surface area contributed by atoms with Crippen molar-refractivity contribution in [1.29, 1.82) is 0 Å². The zero-order valence-electron chi connectivity index (χ0n) is 10.4. The monoisotopic (exact) mass is 239 g/mol. The van der Waals surface area contributed by atoms with E-state index in [-0.39, 0.29) is 12.2 Å². The normalized spacial score (nSPS) is 10.5.